The quantitative estimate of drug-likeness (QED) is 0.578. The van der Waals surface area contributed by atoms with E-state index in [2.05, 4.69) is 25.9 Å². The van der Waals surface area contributed by atoms with Crippen molar-refractivity contribution in [3.8, 4) is 11.1 Å². The van der Waals surface area contributed by atoms with E-state index in [-0.39, 0.29) is 29.0 Å². The molecule has 0 unspecified atom stereocenters. The number of anilines is 3. The number of aryl methyl sites for hydroxylation is 1. The van der Waals surface area contributed by atoms with Gasteiger partial charge in [-0.3, -0.25) is 14.3 Å². The normalized spacial score (nSPS) is 14.9. The van der Waals surface area contributed by atoms with Gasteiger partial charge in [0.05, 0.1) is 11.9 Å². The molecule has 2 amide bonds. The number of amides is 2. The van der Waals surface area contributed by atoms with Crippen molar-refractivity contribution >= 4 is 29.0 Å². The van der Waals surface area contributed by atoms with Crippen LogP contribution in [0.25, 0.3) is 11.1 Å². The van der Waals surface area contributed by atoms with E-state index in [0.717, 1.165) is 29.5 Å². The van der Waals surface area contributed by atoms with Gasteiger partial charge in [0.2, 0.25) is 5.91 Å². The number of benzene rings is 1. The molecule has 0 spiro atoms. The summed E-state index contributed by atoms with van der Waals surface area (Å²) in [4.78, 5) is 24.7. The fourth-order valence-corrected chi connectivity index (χ4v) is 3.14. The third-order valence-corrected chi connectivity index (χ3v) is 4.94. The molecule has 4 rings (SSSR count). The lowest BCUT2D eigenvalue weighted by Gasteiger charge is -2.15. The molecule has 2 aromatic heterocycles. The minimum absolute atomic E-state index is 0.0415. The van der Waals surface area contributed by atoms with Crippen LogP contribution in [0.4, 0.5) is 17.2 Å². The van der Waals surface area contributed by atoms with E-state index in [1.807, 2.05) is 43.7 Å². The topological polar surface area (TPSA) is 114 Å². The number of hydrogen-bond donors (Lipinski definition) is 3. The van der Waals surface area contributed by atoms with Crippen LogP contribution >= 0.6 is 0 Å². The van der Waals surface area contributed by atoms with E-state index in [9.17, 15) is 9.59 Å². The molecule has 1 aromatic carbocycles. The Kier molecular flexibility index (Phi) is 4.26. The van der Waals surface area contributed by atoms with Crippen LogP contribution in [0.1, 0.15) is 33.0 Å². The molecule has 30 heavy (non-hydrogen) atoms. The van der Waals surface area contributed by atoms with Crippen molar-refractivity contribution in [3.05, 3.63) is 47.9 Å². The monoisotopic (exact) mass is 408 g/mol. The van der Waals surface area contributed by atoms with Gasteiger partial charge in [0.15, 0.2) is 11.5 Å². The van der Waals surface area contributed by atoms with Crippen LogP contribution in [-0.2, 0) is 11.8 Å². The maximum absolute atomic E-state index is 12.6. The maximum Gasteiger partial charge on any atom is 0.273 e. The molecule has 0 aliphatic heterocycles. The zero-order valence-corrected chi connectivity index (χ0v) is 16.6. The predicted molar refractivity (Wildman–Crippen MR) is 113 cm³/mol. The Bertz CT molecular complexity index is 1220. The number of aromatic nitrogens is 4. The van der Waals surface area contributed by atoms with Gasteiger partial charge in [0, 0.05) is 47.6 Å². The minimum Gasteiger partial charge on any atom is -0.354 e. The molecule has 3 aromatic rings. The van der Waals surface area contributed by atoms with Gasteiger partial charge in [-0.15, -0.1) is 10.2 Å². The summed E-state index contributed by atoms with van der Waals surface area (Å²) in [6.45, 7) is -0.776. The first-order chi connectivity index (χ1) is 15.6. The van der Waals surface area contributed by atoms with Crippen molar-refractivity contribution in [1.82, 2.24) is 25.3 Å². The van der Waals surface area contributed by atoms with E-state index >= 15 is 0 Å². The van der Waals surface area contributed by atoms with Gasteiger partial charge in [0.1, 0.15) is 0 Å². The van der Waals surface area contributed by atoms with Crippen LogP contribution in [0.15, 0.2) is 36.7 Å². The average molecular weight is 408 g/mol. The lowest BCUT2D eigenvalue weighted by atomic mass is 10.0. The minimum atomic E-state index is -2.69. The fourth-order valence-electron chi connectivity index (χ4n) is 3.14. The maximum atomic E-state index is 12.6. The smallest absolute Gasteiger partial charge is 0.273 e. The Labute approximate surface area is 178 Å². The molecule has 154 valence electrons. The Balaban J connectivity index is 1.69. The van der Waals surface area contributed by atoms with Gasteiger partial charge in [-0.05, 0) is 37.0 Å². The molecule has 3 N–H and O–H groups in total. The van der Waals surface area contributed by atoms with Gasteiger partial charge < -0.3 is 16.0 Å². The first-order valence-corrected chi connectivity index (χ1v) is 9.47. The SMILES string of the molecule is [2H]C([2H])([2H])NC(=O)c1nnc(NC(=O)C2CC2)cc1Nc1cccc(-c2cnn(C)c2)c1C. The highest BCUT2D eigenvalue weighted by Gasteiger charge is 2.30. The van der Waals surface area contributed by atoms with Crippen LogP contribution in [0.3, 0.4) is 0 Å². The summed E-state index contributed by atoms with van der Waals surface area (Å²) in [6.07, 6.45) is 5.29. The highest BCUT2D eigenvalue weighted by atomic mass is 16.2. The number of rotatable bonds is 6. The fraction of sp³-hybridized carbons (Fsp3) is 0.286. The molecule has 0 atom stereocenters. The largest absolute Gasteiger partial charge is 0.354 e. The molecule has 9 heteroatoms. The van der Waals surface area contributed by atoms with Crippen molar-refractivity contribution < 1.29 is 13.7 Å². The molecule has 1 fully saturated rings. The summed E-state index contributed by atoms with van der Waals surface area (Å²) in [5.74, 6) is -0.947. The lowest BCUT2D eigenvalue weighted by molar-refractivity contribution is -0.117. The standard InChI is InChI=1S/C21H23N7O2/c1-12-15(14-10-23-28(3)11-14)5-4-6-16(12)24-17-9-18(25-20(29)13-7-8-13)26-27-19(17)21(30)22-2/h4-6,9-11,13H,7-8H2,1-3H3,(H,22,30)(H2,24,25,26,29)/i2D3. The second-order valence-corrected chi connectivity index (χ2v) is 7.22. The van der Waals surface area contributed by atoms with E-state index in [0.29, 0.717) is 5.69 Å². The number of nitrogens with one attached hydrogen (secondary N) is 3. The number of carbonyl (C=O) groups is 2. The number of hydrogen-bond acceptors (Lipinski definition) is 6. The van der Waals surface area contributed by atoms with Gasteiger partial charge in [-0.2, -0.15) is 5.10 Å². The van der Waals surface area contributed by atoms with E-state index in [1.165, 1.54) is 6.07 Å². The van der Waals surface area contributed by atoms with Crippen molar-refractivity contribution in [1.29, 1.82) is 0 Å². The molecule has 9 nitrogen and oxygen atoms in total. The highest BCUT2D eigenvalue weighted by Crippen LogP contribution is 2.32. The van der Waals surface area contributed by atoms with Crippen molar-refractivity contribution in [3.63, 3.8) is 0 Å². The third kappa shape index (κ3) is 4.00. The van der Waals surface area contributed by atoms with Gasteiger partial charge in [-0.25, -0.2) is 0 Å². The molecule has 0 saturated heterocycles. The Morgan fingerprint density at radius 1 is 1.23 bits per heavy atom. The van der Waals surface area contributed by atoms with E-state index in [4.69, 9.17) is 4.11 Å². The van der Waals surface area contributed by atoms with E-state index < -0.39 is 12.9 Å². The zero-order valence-electron chi connectivity index (χ0n) is 19.6. The first kappa shape index (κ1) is 16.1. The van der Waals surface area contributed by atoms with Crippen LogP contribution in [0, 0.1) is 12.8 Å². The van der Waals surface area contributed by atoms with Crippen molar-refractivity contribution in [2.75, 3.05) is 17.6 Å². The lowest BCUT2D eigenvalue weighted by Crippen LogP contribution is -2.22. The van der Waals surface area contributed by atoms with Crippen LogP contribution < -0.4 is 16.0 Å². The molecule has 1 aliphatic rings. The van der Waals surface area contributed by atoms with Crippen LogP contribution in [-0.4, -0.2) is 38.8 Å². The highest BCUT2D eigenvalue weighted by molar-refractivity contribution is 5.99. The third-order valence-electron chi connectivity index (χ3n) is 4.94. The molecule has 1 aliphatic carbocycles. The second-order valence-electron chi connectivity index (χ2n) is 7.22. The molecule has 0 radical (unpaired) electrons. The Morgan fingerprint density at radius 2 is 2.07 bits per heavy atom. The summed E-state index contributed by atoms with van der Waals surface area (Å²) in [6, 6.07) is 7.09. The van der Waals surface area contributed by atoms with Gasteiger partial charge >= 0.3 is 0 Å². The van der Waals surface area contributed by atoms with Crippen LogP contribution in [0.5, 0.6) is 0 Å². The second kappa shape index (κ2) is 7.94. The molecule has 2 heterocycles. The zero-order chi connectivity index (χ0) is 23.8. The predicted octanol–water partition coefficient (Wildman–Crippen LogP) is 2.64. The number of carbonyl (C=O) groups excluding carboxylic acids is 2. The summed E-state index contributed by atoms with van der Waals surface area (Å²) >= 11 is 0. The summed E-state index contributed by atoms with van der Waals surface area (Å²) < 4.78 is 23.7. The van der Waals surface area contributed by atoms with Crippen molar-refractivity contribution in [2.24, 2.45) is 13.0 Å². The molecular weight excluding hydrogens is 382 g/mol. The summed E-state index contributed by atoms with van der Waals surface area (Å²) in [5, 5.41) is 19.8. The van der Waals surface area contributed by atoms with Gasteiger partial charge in [-0.1, -0.05) is 12.1 Å². The number of nitrogens with zero attached hydrogens (tertiary/aromatic N) is 4. The average Bonchev–Trinajstić information content (AvgIpc) is 3.50. The summed E-state index contributed by atoms with van der Waals surface area (Å²) in [5.41, 5.74) is 3.42. The molecular formula is C21H23N7O2. The Morgan fingerprint density at radius 3 is 2.77 bits per heavy atom. The first-order valence-electron chi connectivity index (χ1n) is 11.0. The Hall–Kier alpha value is -3.75. The molecule has 0 bridgehead atoms. The summed E-state index contributed by atoms with van der Waals surface area (Å²) in [7, 11) is 1.83. The van der Waals surface area contributed by atoms with Gasteiger partial charge in [0.25, 0.3) is 5.91 Å². The van der Waals surface area contributed by atoms with Crippen molar-refractivity contribution in [2.45, 2.75) is 19.8 Å². The van der Waals surface area contributed by atoms with E-state index in [1.54, 1.807) is 10.9 Å². The molecule has 1 saturated carbocycles. The van der Waals surface area contributed by atoms with Crippen LogP contribution in [0.2, 0.25) is 0 Å².